The van der Waals surface area contributed by atoms with Crippen LogP contribution in [0.15, 0.2) is 54.7 Å². The van der Waals surface area contributed by atoms with Gasteiger partial charge in [0.15, 0.2) is 0 Å². The van der Waals surface area contributed by atoms with E-state index >= 15 is 0 Å². The Bertz CT molecular complexity index is 852. The molecular formula is C20H21NO4. The first-order valence-corrected chi connectivity index (χ1v) is 8.35. The van der Waals surface area contributed by atoms with Gasteiger partial charge in [0, 0.05) is 23.6 Å². The zero-order valence-corrected chi connectivity index (χ0v) is 14.1. The first kappa shape index (κ1) is 16.9. The number of aryl methyl sites for hydroxylation is 1. The van der Waals surface area contributed by atoms with Crippen LogP contribution in [0.4, 0.5) is 0 Å². The molecule has 0 aliphatic carbocycles. The number of carboxylic acid groups (broad SMARTS) is 1. The number of hydrogen-bond acceptors (Lipinski definition) is 3. The summed E-state index contributed by atoms with van der Waals surface area (Å²) in [5.41, 5.74) is 1.44. The van der Waals surface area contributed by atoms with Crippen molar-refractivity contribution in [2.24, 2.45) is 0 Å². The third-order valence-electron chi connectivity index (χ3n) is 3.97. The van der Waals surface area contributed by atoms with Crippen LogP contribution in [0.5, 0.6) is 11.5 Å². The van der Waals surface area contributed by atoms with Crippen molar-refractivity contribution in [3.63, 3.8) is 0 Å². The molecule has 2 aromatic carbocycles. The van der Waals surface area contributed by atoms with E-state index < -0.39 is 5.97 Å². The second-order valence-corrected chi connectivity index (χ2v) is 5.69. The van der Waals surface area contributed by atoms with Crippen molar-refractivity contribution in [2.75, 3.05) is 13.2 Å². The summed E-state index contributed by atoms with van der Waals surface area (Å²) in [6, 6.07) is 14.7. The molecule has 0 saturated heterocycles. The highest BCUT2D eigenvalue weighted by molar-refractivity contribution is 5.87. The van der Waals surface area contributed by atoms with Crippen molar-refractivity contribution in [2.45, 2.75) is 19.9 Å². The molecule has 5 heteroatoms. The number of nitrogens with zero attached hydrogens (tertiary/aromatic N) is 1. The van der Waals surface area contributed by atoms with Crippen molar-refractivity contribution in [1.82, 2.24) is 4.57 Å². The summed E-state index contributed by atoms with van der Waals surface area (Å²) < 4.78 is 13.4. The minimum absolute atomic E-state index is 0.262. The Morgan fingerprint density at radius 3 is 2.52 bits per heavy atom. The lowest BCUT2D eigenvalue weighted by Gasteiger charge is -2.09. The van der Waals surface area contributed by atoms with Crippen LogP contribution in [-0.4, -0.2) is 28.9 Å². The van der Waals surface area contributed by atoms with E-state index in [0.717, 1.165) is 24.1 Å². The lowest BCUT2D eigenvalue weighted by atomic mass is 10.2. The molecule has 0 unspecified atom stereocenters. The largest absolute Gasteiger partial charge is 0.494 e. The molecule has 3 aromatic rings. The molecule has 0 radical (unpaired) electrons. The predicted molar refractivity (Wildman–Crippen MR) is 96.6 cm³/mol. The Morgan fingerprint density at radius 1 is 1.04 bits per heavy atom. The van der Waals surface area contributed by atoms with Gasteiger partial charge in [-0.1, -0.05) is 0 Å². The maximum absolute atomic E-state index is 10.8. The van der Waals surface area contributed by atoms with Crippen LogP contribution in [0.25, 0.3) is 10.9 Å². The molecule has 0 amide bonds. The summed E-state index contributed by atoms with van der Waals surface area (Å²) in [7, 11) is 0. The molecule has 0 aliphatic rings. The van der Waals surface area contributed by atoms with E-state index in [1.807, 2.05) is 13.0 Å². The maximum Gasteiger partial charge on any atom is 0.335 e. The molecule has 130 valence electrons. The van der Waals surface area contributed by atoms with E-state index in [9.17, 15) is 4.79 Å². The molecule has 5 nitrogen and oxygen atoms in total. The number of fused-ring (bicyclic) bond motifs is 1. The molecule has 0 aliphatic heterocycles. The smallest absolute Gasteiger partial charge is 0.335 e. The van der Waals surface area contributed by atoms with Gasteiger partial charge in [-0.15, -0.1) is 0 Å². The molecule has 0 fully saturated rings. The lowest BCUT2D eigenvalue weighted by Crippen LogP contribution is -2.04. The van der Waals surface area contributed by atoms with Gasteiger partial charge in [-0.2, -0.15) is 0 Å². The molecule has 0 spiro atoms. The van der Waals surface area contributed by atoms with Crippen LogP contribution in [0, 0.1) is 0 Å². The van der Waals surface area contributed by atoms with Gasteiger partial charge in [-0.05, 0) is 61.9 Å². The minimum Gasteiger partial charge on any atom is -0.494 e. The van der Waals surface area contributed by atoms with Crippen LogP contribution >= 0.6 is 0 Å². The SMILES string of the molecule is CCOc1ccc2c(ccn2CCCOc2ccc(C(=O)O)cc2)c1. The average Bonchev–Trinajstić information content (AvgIpc) is 3.02. The zero-order valence-electron chi connectivity index (χ0n) is 14.1. The Morgan fingerprint density at radius 2 is 1.80 bits per heavy atom. The number of rotatable bonds is 8. The Balaban J connectivity index is 1.53. The second kappa shape index (κ2) is 7.75. The van der Waals surface area contributed by atoms with Crippen molar-refractivity contribution in [3.05, 3.63) is 60.3 Å². The fraction of sp³-hybridized carbons (Fsp3) is 0.250. The summed E-state index contributed by atoms with van der Waals surface area (Å²) in [5, 5.41) is 10.0. The number of benzene rings is 2. The Hall–Kier alpha value is -2.95. The van der Waals surface area contributed by atoms with Crippen LogP contribution in [0.3, 0.4) is 0 Å². The molecule has 3 rings (SSSR count). The van der Waals surface area contributed by atoms with Gasteiger partial charge >= 0.3 is 5.97 Å². The van der Waals surface area contributed by atoms with Gasteiger partial charge < -0.3 is 19.1 Å². The molecule has 1 heterocycles. The molecular weight excluding hydrogens is 318 g/mol. The highest BCUT2D eigenvalue weighted by Crippen LogP contribution is 2.22. The molecule has 0 bridgehead atoms. The molecule has 0 atom stereocenters. The summed E-state index contributed by atoms with van der Waals surface area (Å²) in [6.45, 7) is 4.06. The summed E-state index contributed by atoms with van der Waals surface area (Å²) >= 11 is 0. The van der Waals surface area contributed by atoms with Crippen LogP contribution in [0.1, 0.15) is 23.7 Å². The number of carbonyl (C=O) groups is 1. The fourth-order valence-electron chi connectivity index (χ4n) is 2.75. The Kier molecular flexibility index (Phi) is 5.23. The first-order valence-electron chi connectivity index (χ1n) is 8.35. The van der Waals surface area contributed by atoms with Gasteiger partial charge in [0.05, 0.1) is 18.8 Å². The van der Waals surface area contributed by atoms with Crippen LogP contribution < -0.4 is 9.47 Å². The summed E-state index contributed by atoms with van der Waals surface area (Å²) in [6.07, 6.45) is 2.93. The van der Waals surface area contributed by atoms with Crippen LogP contribution in [-0.2, 0) is 6.54 Å². The molecule has 0 saturated carbocycles. The molecule has 1 aromatic heterocycles. The van der Waals surface area contributed by atoms with E-state index in [1.54, 1.807) is 24.3 Å². The predicted octanol–water partition coefficient (Wildman–Crippen LogP) is 4.21. The fourth-order valence-corrected chi connectivity index (χ4v) is 2.75. The van der Waals surface area contributed by atoms with E-state index in [0.29, 0.717) is 19.0 Å². The normalized spacial score (nSPS) is 10.8. The van der Waals surface area contributed by atoms with E-state index in [1.165, 1.54) is 5.52 Å². The van der Waals surface area contributed by atoms with Crippen molar-refractivity contribution in [3.8, 4) is 11.5 Å². The molecule has 25 heavy (non-hydrogen) atoms. The van der Waals surface area contributed by atoms with Gasteiger partial charge in [-0.25, -0.2) is 4.79 Å². The standard InChI is InChI=1S/C20H21NO4/c1-2-24-18-8-9-19-16(14-18)10-12-21(19)11-3-13-25-17-6-4-15(5-7-17)20(22)23/h4-10,12,14H,2-3,11,13H2,1H3,(H,22,23). The minimum atomic E-state index is -0.932. The number of ether oxygens (including phenoxy) is 2. The quantitative estimate of drug-likeness (QED) is 0.625. The zero-order chi connectivity index (χ0) is 17.6. The summed E-state index contributed by atoms with van der Waals surface area (Å²) in [5.74, 6) is 0.642. The summed E-state index contributed by atoms with van der Waals surface area (Å²) in [4.78, 5) is 10.8. The van der Waals surface area contributed by atoms with E-state index in [4.69, 9.17) is 14.6 Å². The topological polar surface area (TPSA) is 60.7 Å². The van der Waals surface area contributed by atoms with Crippen molar-refractivity contribution < 1.29 is 19.4 Å². The van der Waals surface area contributed by atoms with E-state index in [2.05, 4.69) is 29.0 Å². The van der Waals surface area contributed by atoms with Crippen molar-refractivity contribution >= 4 is 16.9 Å². The van der Waals surface area contributed by atoms with Gasteiger partial charge in [0.2, 0.25) is 0 Å². The number of carboxylic acids is 1. The highest BCUT2D eigenvalue weighted by Gasteiger charge is 2.04. The Labute approximate surface area is 146 Å². The van der Waals surface area contributed by atoms with E-state index in [-0.39, 0.29) is 5.56 Å². The van der Waals surface area contributed by atoms with Gasteiger partial charge in [0.1, 0.15) is 11.5 Å². The highest BCUT2D eigenvalue weighted by atomic mass is 16.5. The monoisotopic (exact) mass is 339 g/mol. The number of aromatic carboxylic acids is 1. The lowest BCUT2D eigenvalue weighted by molar-refractivity contribution is 0.0697. The third-order valence-corrected chi connectivity index (χ3v) is 3.97. The van der Waals surface area contributed by atoms with Crippen LogP contribution in [0.2, 0.25) is 0 Å². The first-order chi connectivity index (χ1) is 12.2. The third kappa shape index (κ3) is 4.12. The second-order valence-electron chi connectivity index (χ2n) is 5.69. The van der Waals surface area contributed by atoms with Gasteiger partial charge in [-0.3, -0.25) is 0 Å². The average molecular weight is 339 g/mol. The maximum atomic E-state index is 10.8. The van der Waals surface area contributed by atoms with Gasteiger partial charge in [0.25, 0.3) is 0 Å². The number of hydrogen-bond donors (Lipinski definition) is 1. The van der Waals surface area contributed by atoms with Crippen molar-refractivity contribution in [1.29, 1.82) is 0 Å². The molecule has 1 N–H and O–H groups in total. The number of aromatic nitrogens is 1.